The molecular weight excluding hydrogens is 426 g/mol. The molecule has 0 aliphatic carbocycles. The normalized spacial score (nSPS) is 15.8. The smallest absolute Gasteiger partial charge is 0.227 e. The molecular formula is C28H29N3O3. The zero-order valence-corrected chi connectivity index (χ0v) is 19.6. The van der Waals surface area contributed by atoms with Crippen LogP contribution in [-0.2, 0) is 11.3 Å². The number of aryl methyl sites for hydroxylation is 2. The van der Waals surface area contributed by atoms with E-state index in [2.05, 4.69) is 23.6 Å². The summed E-state index contributed by atoms with van der Waals surface area (Å²) < 4.78 is 13.5. The number of hydrogen-bond acceptors (Lipinski definition) is 4. The van der Waals surface area contributed by atoms with Crippen molar-refractivity contribution in [3.05, 3.63) is 84.2 Å². The van der Waals surface area contributed by atoms with E-state index >= 15 is 0 Å². The highest BCUT2D eigenvalue weighted by Gasteiger charge is 2.34. The van der Waals surface area contributed by atoms with Gasteiger partial charge in [-0.2, -0.15) is 0 Å². The van der Waals surface area contributed by atoms with Gasteiger partial charge in [-0.25, -0.2) is 4.98 Å². The summed E-state index contributed by atoms with van der Waals surface area (Å²) >= 11 is 0. The Morgan fingerprint density at radius 2 is 1.76 bits per heavy atom. The molecule has 1 fully saturated rings. The Bertz CT molecular complexity index is 1300. The summed E-state index contributed by atoms with van der Waals surface area (Å²) in [5.74, 6) is 2.84. The van der Waals surface area contributed by atoms with E-state index in [0.717, 1.165) is 52.6 Å². The summed E-state index contributed by atoms with van der Waals surface area (Å²) in [4.78, 5) is 19.7. The van der Waals surface area contributed by atoms with Gasteiger partial charge in [0, 0.05) is 31.1 Å². The summed E-state index contributed by atoms with van der Waals surface area (Å²) in [5, 5.41) is 0. The van der Waals surface area contributed by atoms with E-state index in [1.54, 1.807) is 7.11 Å². The molecule has 6 nitrogen and oxygen atoms in total. The predicted molar refractivity (Wildman–Crippen MR) is 134 cm³/mol. The average Bonchev–Trinajstić information content (AvgIpc) is 3.43. The molecule has 34 heavy (non-hydrogen) atoms. The molecule has 0 bridgehead atoms. The third-order valence-electron chi connectivity index (χ3n) is 6.44. The Morgan fingerprint density at radius 1 is 1.00 bits per heavy atom. The quantitative estimate of drug-likeness (QED) is 0.337. The van der Waals surface area contributed by atoms with Gasteiger partial charge in [-0.05, 0) is 61.4 Å². The van der Waals surface area contributed by atoms with Gasteiger partial charge < -0.3 is 18.9 Å². The van der Waals surface area contributed by atoms with E-state index in [-0.39, 0.29) is 11.8 Å². The number of benzene rings is 3. The molecule has 6 heteroatoms. The van der Waals surface area contributed by atoms with Crippen LogP contribution in [-0.4, -0.2) is 35.7 Å². The maximum absolute atomic E-state index is 12.9. The number of carbonyl (C=O) groups is 1. The minimum atomic E-state index is 0.0410. The Hall–Kier alpha value is -3.80. The number of carbonyl (C=O) groups excluding carboxylic acids is 1. The minimum absolute atomic E-state index is 0.0410. The number of nitrogens with zero attached hydrogens (tertiary/aromatic N) is 3. The van der Waals surface area contributed by atoms with Crippen molar-refractivity contribution in [2.24, 2.45) is 0 Å². The molecule has 1 amide bonds. The highest BCUT2D eigenvalue weighted by molar-refractivity contribution is 5.96. The maximum atomic E-state index is 12.9. The first-order chi connectivity index (χ1) is 16.6. The number of para-hydroxylation sites is 3. The molecule has 0 N–H and O–H groups in total. The zero-order chi connectivity index (χ0) is 23.5. The molecule has 4 aromatic rings. The fraction of sp³-hybridized carbons (Fsp3) is 0.286. The standard InChI is InChI=1S/C28H29N3O3/c1-20-8-3-6-11-26(20)34-17-7-16-30-25-10-5-4-9-24(25)29-28(30)21-18-27(32)31(19-21)22-12-14-23(33-2)15-13-22/h3-6,8-15,21H,7,16-19H2,1-2H3/t21-/m1/s1. The number of hydrogen-bond donors (Lipinski definition) is 0. The number of methoxy groups -OCH3 is 1. The molecule has 0 saturated carbocycles. The van der Waals surface area contributed by atoms with Crippen molar-refractivity contribution in [3.8, 4) is 11.5 Å². The fourth-order valence-electron chi connectivity index (χ4n) is 4.66. The fourth-order valence-corrected chi connectivity index (χ4v) is 4.66. The molecule has 3 aromatic carbocycles. The van der Waals surface area contributed by atoms with Gasteiger partial charge in [-0.3, -0.25) is 4.79 Å². The molecule has 1 aromatic heterocycles. The number of anilines is 1. The number of fused-ring (bicyclic) bond motifs is 1. The SMILES string of the molecule is COc1ccc(N2C[C@H](c3nc4ccccc4n3CCCOc3ccccc3C)CC2=O)cc1. The van der Waals surface area contributed by atoms with E-state index in [9.17, 15) is 4.79 Å². The Kier molecular flexibility index (Phi) is 6.21. The second-order valence-corrected chi connectivity index (χ2v) is 8.68. The Labute approximate surface area is 199 Å². The largest absolute Gasteiger partial charge is 0.497 e. The van der Waals surface area contributed by atoms with Gasteiger partial charge in [0.25, 0.3) is 0 Å². The topological polar surface area (TPSA) is 56.6 Å². The first kappa shape index (κ1) is 22.0. The number of imidazole rings is 1. The lowest BCUT2D eigenvalue weighted by molar-refractivity contribution is -0.117. The van der Waals surface area contributed by atoms with Crippen LogP contribution >= 0.6 is 0 Å². The number of rotatable bonds is 8. The Morgan fingerprint density at radius 3 is 2.56 bits per heavy atom. The molecule has 1 saturated heterocycles. The van der Waals surface area contributed by atoms with Crippen LogP contribution in [0.1, 0.15) is 30.1 Å². The number of amides is 1. The van der Waals surface area contributed by atoms with E-state index in [0.29, 0.717) is 19.6 Å². The lowest BCUT2D eigenvalue weighted by Crippen LogP contribution is -2.24. The van der Waals surface area contributed by atoms with Crippen molar-refractivity contribution in [2.45, 2.75) is 32.2 Å². The van der Waals surface area contributed by atoms with Crippen molar-refractivity contribution in [1.29, 1.82) is 0 Å². The third-order valence-corrected chi connectivity index (χ3v) is 6.44. The third kappa shape index (κ3) is 4.36. The van der Waals surface area contributed by atoms with Gasteiger partial charge in [0.15, 0.2) is 0 Å². The van der Waals surface area contributed by atoms with Crippen LogP contribution < -0.4 is 14.4 Å². The van der Waals surface area contributed by atoms with Crippen LogP contribution in [0.2, 0.25) is 0 Å². The van der Waals surface area contributed by atoms with Crippen LogP contribution in [0.3, 0.4) is 0 Å². The van der Waals surface area contributed by atoms with Crippen molar-refractivity contribution in [1.82, 2.24) is 9.55 Å². The molecule has 0 spiro atoms. The first-order valence-electron chi connectivity index (χ1n) is 11.7. The molecule has 1 aliphatic rings. The highest BCUT2D eigenvalue weighted by atomic mass is 16.5. The Balaban J connectivity index is 1.34. The van der Waals surface area contributed by atoms with Crippen LogP contribution in [0.25, 0.3) is 11.0 Å². The van der Waals surface area contributed by atoms with Crippen molar-refractivity contribution < 1.29 is 14.3 Å². The summed E-state index contributed by atoms with van der Waals surface area (Å²) in [6.45, 7) is 4.09. The predicted octanol–water partition coefficient (Wildman–Crippen LogP) is 5.34. The van der Waals surface area contributed by atoms with Gasteiger partial charge in [0.2, 0.25) is 5.91 Å². The first-order valence-corrected chi connectivity index (χ1v) is 11.7. The van der Waals surface area contributed by atoms with Gasteiger partial charge in [-0.15, -0.1) is 0 Å². The van der Waals surface area contributed by atoms with Gasteiger partial charge in [0.05, 0.1) is 24.8 Å². The lowest BCUT2D eigenvalue weighted by Gasteiger charge is -2.18. The van der Waals surface area contributed by atoms with Crippen molar-refractivity contribution >= 4 is 22.6 Å². The summed E-state index contributed by atoms with van der Waals surface area (Å²) in [7, 11) is 1.64. The van der Waals surface area contributed by atoms with E-state index in [1.165, 1.54) is 0 Å². The van der Waals surface area contributed by atoms with Gasteiger partial charge in [0.1, 0.15) is 17.3 Å². The van der Waals surface area contributed by atoms with E-state index in [1.807, 2.05) is 65.6 Å². The molecule has 1 aliphatic heterocycles. The maximum Gasteiger partial charge on any atom is 0.227 e. The molecule has 0 unspecified atom stereocenters. The summed E-state index contributed by atoms with van der Waals surface area (Å²) in [6, 6.07) is 23.9. The summed E-state index contributed by atoms with van der Waals surface area (Å²) in [5.41, 5.74) is 4.10. The zero-order valence-electron chi connectivity index (χ0n) is 19.6. The highest BCUT2D eigenvalue weighted by Crippen LogP contribution is 2.34. The molecule has 174 valence electrons. The van der Waals surface area contributed by atoms with Crippen molar-refractivity contribution in [3.63, 3.8) is 0 Å². The molecule has 0 radical (unpaired) electrons. The van der Waals surface area contributed by atoms with Crippen LogP contribution in [0.4, 0.5) is 5.69 Å². The van der Waals surface area contributed by atoms with E-state index < -0.39 is 0 Å². The number of ether oxygens (including phenoxy) is 2. The van der Waals surface area contributed by atoms with Crippen LogP contribution in [0.5, 0.6) is 11.5 Å². The summed E-state index contributed by atoms with van der Waals surface area (Å²) in [6.07, 6.45) is 1.31. The second-order valence-electron chi connectivity index (χ2n) is 8.68. The van der Waals surface area contributed by atoms with Crippen LogP contribution in [0.15, 0.2) is 72.8 Å². The molecule has 2 heterocycles. The molecule has 5 rings (SSSR count). The monoisotopic (exact) mass is 455 g/mol. The van der Waals surface area contributed by atoms with Gasteiger partial charge >= 0.3 is 0 Å². The average molecular weight is 456 g/mol. The minimum Gasteiger partial charge on any atom is -0.497 e. The van der Waals surface area contributed by atoms with Gasteiger partial charge in [-0.1, -0.05) is 30.3 Å². The lowest BCUT2D eigenvalue weighted by atomic mass is 10.1. The van der Waals surface area contributed by atoms with E-state index in [4.69, 9.17) is 14.5 Å². The molecule has 1 atom stereocenters. The number of aromatic nitrogens is 2. The second kappa shape index (κ2) is 9.59. The van der Waals surface area contributed by atoms with Crippen molar-refractivity contribution in [2.75, 3.05) is 25.2 Å². The van der Waals surface area contributed by atoms with Crippen LogP contribution in [0, 0.1) is 6.92 Å².